The summed E-state index contributed by atoms with van der Waals surface area (Å²) in [4.78, 5) is 15.0. The third-order valence-electron chi connectivity index (χ3n) is 5.33. The van der Waals surface area contributed by atoms with Gasteiger partial charge in [0.1, 0.15) is 6.61 Å². The minimum atomic E-state index is -0.348. The van der Waals surface area contributed by atoms with E-state index in [2.05, 4.69) is 23.1 Å². The van der Waals surface area contributed by atoms with E-state index in [1.54, 1.807) is 6.07 Å². The molecule has 3 aromatic rings. The number of anilines is 1. The number of benzene rings is 3. The Morgan fingerprint density at radius 2 is 1.66 bits per heavy atom. The molecule has 0 bridgehead atoms. The number of fused-ring (bicyclic) bond motifs is 1. The van der Waals surface area contributed by atoms with Gasteiger partial charge in [0.15, 0.2) is 0 Å². The van der Waals surface area contributed by atoms with Crippen molar-refractivity contribution in [1.29, 1.82) is 5.26 Å². The summed E-state index contributed by atoms with van der Waals surface area (Å²) in [5.74, 6) is -0.348. The van der Waals surface area contributed by atoms with Gasteiger partial charge < -0.3 is 9.64 Å². The highest BCUT2D eigenvalue weighted by atomic mass is 16.5. The molecular formula is C25H22N2O2. The van der Waals surface area contributed by atoms with Crippen molar-refractivity contribution in [2.24, 2.45) is 0 Å². The maximum absolute atomic E-state index is 12.9. The number of hydrogen-bond acceptors (Lipinski definition) is 4. The predicted octanol–water partition coefficient (Wildman–Crippen LogP) is 4.89. The fourth-order valence-corrected chi connectivity index (χ4v) is 3.85. The number of carbonyl (C=O) groups excluding carboxylic acids is 1. The number of esters is 1. The summed E-state index contributed by atoms with van der Waals surface area (Å²) in [7, 11) is 0. The quantitative estimate of drug-likeness (QED) is 0.590. The second-order valence-corrected chi connectivity index (χ2v) is 7.20. The first-order valence-corrected chi connectivity index (χ1v) is 9.76. The van der Waals surface area contributed by atoms with Crippen LogP contribution in [0.1, 0.15) is 33.5 Å². The van der Waals surface area contributed by atoms with Gasteiger partial charge in [-0.1, -0.05) is 66.7 Å². The van der Waals surface area contributed by atoms with Crippen molar-refractivity contribution in [3.05, 3.63) is 101 Å². The number of nitrogens with zero attached hydrogens (tertiary/aromatic N) is 2. The van der Waals surface area contributed by atoms with Crippen LogP contribution in [-0.4, -0.2) is 12.0 Å². The van der Waals surface area contributed by atoms with Crippen molar-refractivity contribution in [1.82, 2.24) is 0 Å². The fourth-order valence-electron chi connectivity index (χ4n) is 3.85. The van der Waals surface area contributed by atoms with Crippen LogP contribution < -0.4 is 4.90 Å². The van der Waals surface area contributed by atoms with Crippen molar-refractivity contribution in [2.75, 3.05) is 4.90 Å². The highest BCUT2D eigenvalue weighted by Crippen LogP contribution is 2.32. The van der Waals surface area contributed by atoms with Crippen molar-refractivity contribution < 1.29 is 9.53 Å². The number of ether oxygens (including phenoxy) is 1. The Hall–Kier alpha value is -3.58. The van der Waals surface area contributed by atoms with Gasteiger partial charge in [-0.3, -0.25) is 0 Å². The lowest BCUT2D eigenvalue weighted by molar-refractivity contribution is 0.0473. The molecule has 0 fully saturated rings. The van der Waals surface area contributed by atoms with E-state index in [1.165, 1.54) is 11.1 Å². The third-order valence-corrected chi connectivity index (χ3v) is 5.33. The number of para-hydroxylation sites is 1. The number of hydrogen-bond donors (Lipinski definition) is 0. The largest absolute Gasteiger partial charge is 0.457 e. The summed E-state index contributed by atoms with van der Waals surface area (Å²) in [5, 5.41) is 9.35. The molecule has 29 heavy (non-hydrogen) atoms. The van der Waals surface area contributed by atoms with E-state index in [0.717, 1.165) is 17.7 Å². The molecule has 0 saturated heterocycles. The van der Waals surface area contributed by atoms with Gasteiger partial charge in [-0.2, -0.15) is 5.26 Å². The van der Waals surface area contributed by atoms with E-state index < -0.39 is 0 Å². The van der Waals surface area contributed by atoms with Gasteiger partial charge >= 0.3 is 5.97 Å². The lowest BCUT2D eigenvalue weighted by atomic mass is 9.91. The second kappa shape index (κ2) is 8.62. The van der Waals surface area contributed by atoms with Crippen LogP contribution in [0.2, 0.25) is 0 Å². The molecule has 4 rings (SSSR count). The summed E-state index contributed by atoms with van der Waals surface area (Å²) in [6.07, 6.45) is 1.19. The van der Waals surface area contributed by atoms with Crippen LogP contribution in [0.25, 0.3) is 0 Å². The lowest BCUT2D eigenvalue weighted by Crippen LogP contribution is -2.41. The standard InChI is InChI=1S/C25H22N2O2/c26-15-14-22-16-20-10-4-5-11-21(20)17-27(22)24-13-7-6-12-23(24)25(28)29-18-19-8-2-1-3-9-19/h1-13,22H,14,16-18H2/t22-/m1/s1. The first-order chi connectivity index (χ1) is 14.3. The molecule has 1 aliphatic rings. The van der Waals surface area contributed by atoms with Crippen molar-refractivity contribution in [2.45, 2.75) is 32.0 Å². The molecule has 0 aromatic heterocycles. The van der Waals surface area contributed by atoms with E-state index in [9.17, 15) is 10.1 Å². The summed E-state index contributed by atoms with van der Waals surface area (Å²) in [6, 6.07) is 27.8. The molecule has 0 radical (unpaired) electrons. The van der Waals surface area contributed by atoms with Crippen LogP contribution in [-0.2, 0) is 24.3 Å². The SMILES string of the molecule is N#CC[C@@H]1Cc2ccccc2CN1c1ccccc1C(=O)OCc1ccccc1. The van der Waals surface area contributed by atoms with Crippen LogP contribution >= 0.6 is 0 Å². The maximum atomic E-state index is 12.9. The van der Waals surface area contributed by atoms with Crippen LogP contribution in [0.4, 0.5) is 5.69 Å². The Balaban J connectivity index is 1.61. The average Bonchev–Trinajstić information content (AvgIpc) is 2.78. The van der Waals surface area contributed by atoms with Gasteiger partial charge in [0.2, 0.25) is 0 Å². The van der Waals surface area contributed by atoms with Crippen LogP contribution in [0, 0.1) is 11.3 Å². The zero-order chi connectivity index (χ0) is 20.1. The van der Waals surface area contributed by atoms with Crippen molar-refractivity contribution >= 4 is 11.7 Å². The molecule has 0 unspecified atom stereocenters. The minimum Gasteiger partial charge on any atom is -0.457 e. The fraction of sp³-hybridized carbons (Fsp3) is 0.200. The molecule has 4 heteroatoms. The molecule has 1 heterocycles. The molecule has 0 spiro atoms. The zero-order valence-corrected chi connectivity index (χ0v) is 16.1. The molecule has 0 amide bonds. The van der Waals surface area contributed by atoms with Crippen molar-refractivity contribution in [3.8, 4) is 6.07 Å². The van der Waals surface area contributed by atoms with E-state index in [-0.39, 0.29) is 18.6 Å². The molecular weight excluding hydrogens is 360 g/mol. The van der Waals surface area contributed by atoms with E-state index in [1.807, 2.05) is 60.7 Å². The topological polar surface area (TPSA) is 53.3 Å². The Morgan fingerprint density at radius 3 is 2.45 bits per heavy atom. The first kappa shape index (κ1) is 18.8. The number of nitriles is 1. The smallest absolute Gasteiger partial charge is 0.340 e. The molecule has 144 valence electrons. The summed E-state index contributed by atoms with van der Waals surface area (Å²) >= 11 is 0. The monoisotopic (exact) mass is 382 g/mol. The first-order valence-electron chi connectivity index (χ1n) is 9.76. The van der Waals surface area contributed by atoms with E-state index in [0.29, 0.717) is 18.5 Å². The maximum Gasteiger partial charge on any atom is 0.340 e. The van der Waals surface area contributed by atoms with Gasteiger partial charge in [0.05, 0.1) is 23.7 Å². The van der Waals surface area contributed by atoms with E-state index in [4.69, 9.17) is 4.74 Å². The predicted molar refractivity (Wildman–Crippen MR) is 112 cm³/mol. The van der Waals surface area contributed by atoms with Crippen LogP contribution in [0.3, 0.4) is 0 Å². The summed E-state index contributed by atoms with van der Waals surface area (Å²) < 4.78 is 5.58. The highest BCUT2D eigenvalue weighted by Gasteiger charge is 2.29. The summed E-state index contributed by atoms with van der Waals surface area (Å²) in [5.41, 5.74) is 4.81. The highest BCUT2D eigenvalue weighted by molar-refractivity contribution is 5.96. The Labute approximate surface area is 171 Å². The Kier molecular flexibility index (Phi) is 5.58. The van der Waals surface area contributed by atoms with Gasteiger partial charge in [-0.05, 0) is 35.2 Å². The summed E-state index contributed by atoms with van der Waals surface area (Å²) in [6.45, 7) is 0.907. The van der Waals surface area contributed by atoms with Crippen molar-refractivity contribution in [3.63, 3.8) is 0 Å². The van der Waals surface area contributed by atoms with Gasteiger partial charge in [0, 0.05) is 12.6 Å². The molecule has 0 saturated carbocycles. The molecule has 0 N–H and O–H groups in total. The molecule has 4 nitrogen and oxygen atoms in total. The molecule has 3 aromatic carbocycles. The zero-order valence-electron chi connectivity index (χ0n) is 16.1. The van der Waals surface area contributed by atoms with Crippen LogP contribution in [0.5, 0.6) is 0 Å². The van der Waals surface area contributed by atoms with Crippen LogP contribution in [0.15, 0.2) is 78.9 Å². The molecule has 1 aliphatic heterocycles. The number of rotatable bonds is 5. The second-order valence-electron chi connectivity index (χ2n) is 7.20. The number of carbonyl (C=O) groups is 1. The third kappa shape index (κ3) is 4.14. The molecule has 0 aliphatic carbocycles. The Morgan fingerprint density at radius 1 is 0.966 bits per heavy atom. The average molecular weight is 382 g/mol. The Bertz CT molecular complexity index is 1040. The lowest BCUT2D eigenvalue weighted by Gasteiger charge is -2.38. The van der Waals surface area contributed by atoms with E-state index >= 15 is 0 Å². The van der Waals surface area contributed by atoms with Gasteiger partial charge in [-0.15, -0.1) is 0 Å². The van der Waals surface area contributed by atoms with Gasteiger partial charge in [-0.25, -0.2) is 4.79 Å². The van der Waals surface area contributed by atoms with Gasteiger partial charge in [0.25, 0.3) is 0 Å². The molecule has 1 atom stereocenters. The normalized spacial score (nSPS) is 15.3. The minimum absolute atomic E-state index is 0.0259.